The highest BCUT2D eigenvalue weighted by Gasteiger charge is 2.22. The van der Waals surface area contributed by atoms with E-state index in [1.165, 1.54) is 6.92 Å². The molecule has 2 aromatic rings. The number of amides is 1. The maximum Gasteiger partial charge on any atom is 0.326 e. The van der Waals surface area contributed by atoms with Crippen LogP contribution in [0.15, 0.2) is 29.1 Å². The summed E-state index contributed by atoms with van der Waals surface area (Å²) in [7, 11) is 0. The van der Waals surface area contributed by atoms with E-state index < -0.39 is 17.9 Å². The van der Waals surface area contributed by atoms with Crippen molar-refractivity contribution in [2.24, 2.45) is 0 Å². The molecule has 6 heteroatoms. The number of hydrogen-bond acceptors (Lipinski definition) is 3. The van der Waals surface area contributed by atoms with E-state index in [9.17, 15) is 14.4 Å². The van der Waals surface area contributed by atoms with Gasteiger partial charge in [0, 0.05) is 35.5 Å². The lowest BCUT2D eigenvalue weighted by molar-refractivity contribution is -0.141. The Labute approximate surface area is 120 Å². The molecule has 0 aliphatic heterocycles. The molecule has 0 fully saturated rings. The van der Waals surface area contributed by atoms with Crippen LogP contribution < -0.4 is 10.7 Å². The first-order chi connectivity index (χ1) is 9.90. The van der Waals surface area contributed by atoms with Crippen molar-refractivity contribution in [1.82, 2.24) is 10.3 Å². The fourth-order valence-electron chi connectivity index (χ4n) is 2.30. The third-order valence-electron chi connectivity index (χ3n) is 3.30. The summed E-state index contributed by atoms with van der Waals surface area (Å²) in [5.41, 5.74) is 1.47. The Balaban J connectivity index is 2.48. The number of carboxylic acids is 1. The van der Waals surface area contributed by atoms with Crippen LogP contribution >= 0.6 is 0 Å². The molecule has 0 spiro atoms. The summed E-state index contributed by atoms with van der Waals surface area (Å²) in [6.45, 7) is 2.96. The molecular weight excluding hydrogens is 272 g/mol. The van der Waals surface area contributed by atoms with Crippen molar-refractivity contribution in [3.05, 3.63) is 45.7 Å². The fourth-order valence-corrected chi connectivity index (χ4v) is 2.30. The van der Waals surface area contributed by atoms with Gasteiger partial charge in [-0.05, 0) is 19.1 Å². The molecule has 1 aromatic carbocycles. The van der Waals surface area contributed by atoms with Crippen LogP contribution in [0, 0.1) is 6.92 Å². The van der Waals surface area contributed by atoms with Crippen LogP contribution in [0.3, 0.4) is 0 Å². The van der Waals surface area contributed by atoms with Crippen LogP contribution in [0.1, 0.15) is 18.2 Å². The second-order valence-electron chi connectivity index (χ2n) is 4.90. The average molecular weight is 288 g/mol. The van der Waals surface area contributed by atoms with E-state index in [-0.39, 0.29) is 11.8 Å². The number of nitrogens with one attached hydrogen (secondary N) is 2. The third kappa shape index (κ3) is 3.10. The summed E-state index contributed by atoms with van der Waals surface area (Å²) in [4.78, 5) is 37.8. The highest BCUT2D eigenvalue weighted by molar-refractivity contribution is 5.83. The molecule has 21 heavy (non-hydrogen) atoms. The monoisotopic (exact) mass is 288 g/mol. The summed E-state index contributed by atoms with van der Waals surface area (Å²) >= 11 is 0. The molecule has 1 amide bonds. The molecule has 0 aliphatic rings. The number of aryl methyl sites for hydroxylation is 1. The Morgan fingerprint density at radius 2 is 2.00 bits per heavy atom. The standard InChI is InChI=1S/C15H16N2O4/c1-8-11(7-13(15(20)21)17-9(2)18)14(19)10-5-3-4-6-12(10)16-8/h3-6,13H,7H2,1-2H3,(H,16,19)(H,17,18)(H,20,21)/t13-/m1/s1. The van der Waals surface area contributed by atoms with Crippen molar-refractivity contribution in [2.45, 2.75) is 26.3 Å². The van der Waals surface area contributed by atoms with Gasteiger partial charge < -0.3 is 15.4 Å². The number of aromatic amines is 1. The van der Waals surface area contributed by atoms with Gasteiger partial charge in [-0.1, -0.05) is 12.1 Å². The maximum atomic E-state index is 12.5. The minimum absolute atomic E-state index is 0.0546. The number of aromatic nitrogens is 1. The molecular formula is C15H16N2O4. The number of para-hydroxylation sites is 1. The van der Waals surface area contributed by atoms with Gasteiger partial charge in [-0.3, -0.25) is 9.59 Å². The van der Waals surface area contributed by atoms with E-state index in [1.807, 2.05) is 6.07 Å². The molecule has 1 heterocycles. The lowest BCUT2D eigenvalue weighted by Gasteiger charge is -2.15. The molecule has 1 aromatic heterocycles. The number of aliphatic carboxylic acids is 1. The summed E-state index contributed by atoms with van der Waals surface area (Å²) < 4.78 is 0. The van der Waals surface area contributed by atoms with Gasteiger partial charge >= 0.3 is 5.97 Å². The first kappa shape index (κ1) is 14.8. The number of benzene rings is 1. The zero-order valence-electron chi connectivity index (χ0n) is 11.8. The first-order valence-electron chi connectivity index (χ1n) is 6.50. The molecule has 0 aliphatic carbocycles. The number of carbonyl (C=O) groups is 2. The number of H-pyrrole nitrogens is 1. The van der Waals surface area contributed by atoms with Crippen LogP contribution in [-0.2, 0) is 16.0 Å². The smallest absolute Gasteiger partial charge is 0.326 e. The van der Waals surface area contributed by atoms with Crippen molar-refractivity contribution in [3.8, 4) is 0 Å². The van der Waals surface area contributed by atoms with Gasteiger partial charge in [0.05, 0.1) is 0 Å². The minimum atomic E-state index is -1.17. The summed E-state index contributed by atoms with van der Waals surface area (Å²) in [6, 6.07) is 5.92. The SMILES string of the molecule is CC(=O)N[C@H](Cc1c(C)[nH]c2ccccc2c1=O)C(=O)O. The number of carboxylic acid groups (broad SMARTS) is 1. The van der Waals surface area contributed by atoms with Crippen LogP contribution in [0.5, 0.6) is 0 Å². The van der Waals surface area contributed by atoms with Crippen molar-refractivity contribution in [2.75, 3.05) is 0 Å². The Morgan fingerprint density at radius 3 is 2.62 bits per heavy atom. The largest absolute Gasteiger partial charge is 0.480 e. The molecule has 0 bridgehead atoms. The second kappa shape index (κ2) is 5.78. The van der Waals surface area contributed by atoms with E-state index in [0.717, 1.165) is 0 Å². The third-order valence-corrected chi connectivity index (χ3v) is 3.30. The lowest BCUT2D eigenvalue weighted by atomic mass is 10.0. The minimum Gasteiger partial charge on any atom is -0.480 e. The van der Waals surface area contributed by atoms with Gasteiger partial charge in [0.1, 0.15) is 6.04 Å². The highest BCUT2D eigenvalue weighted by Crippen LogP contribution is 2.12. The maximum absolute atomic E-state index is 12.5. The van der Waals surface area contributed by atoms with Crippen molar-refractivity contribution < 1.29 is 14.7 Å². The van der Waals surface area contributed by atoms with Gasteiger partial charge in [-0.2, -0.15) is 0 Å². The number of carbonyl (C=O) groups excluding carboxylic acids is 1. The zero-order chi connectivity index (χ0) is 15.6. The van der Waals surface area contributed by atoms with E-state index in [0.29, 0.717) is 22.2 Å². The van der Waals surface area contributed by atoms with Gasteiger partial charge in [0.25, 0.3) is 0 Å². The number of rotatable bonds is 4. The highest BCUT2D eigenvalue weighted by atomic mass is 16.4. The molecule has 6 nitrogen and oxygen atoms in total. The van der Waals surface area contributed by atoms with Crippen molar-refractivity contribution in [1.29, 1.82) is 0 Å². The molecule has 0 radical (unpaired) electrons. The molecule has 3 N–H and O–H groups in total. The van der Waals surface area contributed by atoms with E-state index in [1.54, 1.807) is 25.1 Å². The number of pyridine rings is 1. The quantitative estimate of drug-likeness (QED) is 0.780. The van der Waals surface area contributed by atoms with E-state index >= 15 is 0 Å². The van der Waals surface area contributed by atoms with E-state index in [2.05, 4.69) is 10.3 Å². The fraction of sp³-hybridized carbons (Fsp3) is 0.267. The Bertz CT molecular complexity index is 764. The summed E-state index contributed by atoms with van der Waals surface area (Å²) in [6.07, 6.45) is -0.0546. The summed E-state index contributed by atoms with van der Waals surface area (Å²) in [5, 5.41) is 12.0. The van der Waals surface area contributed by atoms with Crippen LogP contribution in [-0.4, -0.2) is 28.0 Å². The predicted octanol–water partition coefficient (Wildman–Crippen LogP) is 0.968. The van der Waals surface area contributed by atoms with Gasteiger partial charge in [-0.15, -0.1) is 0 Å². The Morgan fingerprint density at radius 1 is 1.33 bits per heavy atom. The molecule has 0 unspecified atom stereocenters. The second-order valence-corrected chi connectivity index (χ2v) is 4.90. The van der Waals surface area contributed by atoms with Crippen molar-refractivity contribution in [3.63, 3.8) is 0 Å². The molecule has 0 saturated carbocycles. The van der Waals surface area contributed by atoms with Crippen LogP contribution in [0.4, 0.5) is 0 Å². The van der Waals surface area contributed by atoms with Gasteiger partial charge in [0.2, 0.25) is 5.91 Å². The van der Waals surface area contributed by atoms with Gasteiger partial charge in [0.15, 0.2) is 5.43 Å². The molecule has 110 valence electrons. The molecule has 0 saturated heterocycles. The molecule has 1 atom stereocenters. The number of fused-ring (bicyclic) bond motifs is 1. The molecule has 2 rings (SSSR count). The zero-order valence-corrected chi connectivity index (χ0v) is 11.8. The van der Waals surface area contributed by atoms with Crippen LogP contribution in [0.2, 0.25) is 0 Å². The average Bonchev–Trinajstić information content (AvgIpc) is 2.41. The normalized spacial score (nSPS) is 12.1. The summed E-state index contributed by atoms with van der Waals surface area (Å²) in [5.74, 6) is -1.62. The van der Waals surface area contributed by atoms with Gasteiger partial charge in [-0.25, -0.2) is 4.79 Å². The lowest BCUT2D eigenvalue weighted by Crippen LogP contribution is -2.42. The topological polar surface area (TPSA) is 99.3 Å². The predicted molar refractivity (Wildman–Crippen MR) is 78.3 cm³/mol. The van der Waals surface area contributed by atoms with Crippen molar-refractivity contribution >= 4 is 22.8 Å². The Hall–Kier alpha value is -2.63. The first-order valence-corrected chi connectivity index (χ1v) is 6.50. The number of hydrogen-bond donors (Lipinski definition) is 3. The Kier molecular flexibility index (Phi) is 4.07. The van der Waals surface area contributed by atoms with E-state index in [4.69, 9.17) is 5.11 Å². The van der Waals surface area contributed by atoms with Crippen LogP contribution in [0.25, 0.3) is 10.9 Å².